The van der Waals surface area contributed by atoms with E-state index in [1.54, 1.807) is 6.07 Å². The number of nitrogen functional groups attached to an aromatic ring is 1. The van der Waals surface area contributed by atoms with Gasteiger partial charge in [-0.3, -0.25) is 4.79 Å². The second kappa shape index (κ2) is 6.46. The molecule has 1 aromatic carbocycles. The standard InChI is InChI=1S/C20H22N4O2/c1-12-13(2)22-16-7-6-14(10-15(12)16)20(25)24-8-9-26-18(11-24)17-4-3-5-19(21)23-17/h3-7,10,18,22H,8-9,11H2,1-2H3,(H2,21,23). The molecular formula is C20H22N4O2. The van der Waals surface area contributed by atoms with Gasteiger partial charge < -0.3 is 20.4 Å². The summed E-state index contributed by atoms with van der Waals surface area (Å²) in [4.78, 5) is 22.5. The molecule has 26 heavy (non-hydrogen) atoms. The lowest BCUT2D eigenvalue weighted by Gasteiger charge is -2.32. The van der Waals surface area contributed by atoms with Crippen molar-refractivity contribution in [3.63, 3.8) is 0 Å². The van der Waals surface area contributed by atoms with Crippen LogP contribution in [0.15, 0.2) is 36.4 Å². The topological polar surface area (TPSA) is 84.2 Å². The molecule has 3 heterocycles. The van der Waals surface area contributed by atoms with E-state index in [-0.39, 0.29) is 12.0 Å². The minimum absolute atomic E-state index is 0.0161. The average molecular weight is 350 g/mol. The third-order valence-corrected chi connectivity index (χ3v) is 5.03. The number of hydrogen-bond acceptors (Lipinski definition) is 4. The quantitative estimate of drug-likeness (QED) is 0.744. The summed E-state index contributed by atoms with van der Waals surface area (Å²) in [5, 5.41) is 1.09. The number of H-pyrrole nitrogens is 1. The van der Waals surface area contributed by atoms with Crippen molar-refractivity contribution < 1.29 is 9.53 Å². The van der Waals surface area contributed by atoms with Crippen molar-refractivity contribution in [3.8, 4) is 0 Å². The Kier molecular flexibility index (Phi) is 4.12. The monoisotopic (exact) mass is 350 g/mol. The number of aromatic amines is 1. The van der Waals surface area contributed by atoms with E-state index in [9.17, 15) is 4.79 Å². The van der Waals surface area contributed by atoms with Gasteiger partial charge in [-0.1, -0.05) is 6.07 Å². The molecule has 1 aliphatic heterocycles. The number of hydrogen-bond donors (Lipinski definition) is 2. The van der Waals surface area contributed by atoms with Crippen molar-refractivity contribution in [2.75, 3.05) is 25.4 Å². The number of fused-ring (bicyclic) bond motifs is 1. The molecule has 1 saturated heterocycles. The summed E-state index contributed by atoms with van der Waals surface area (Å²) in [6, 6.07) is 11.3. The number of benzene rings is 1. The molecule has 1 atom stereocenters. The molecule has 3 aromatic rings. The number of morpholine rings is 1. The second-order valence-electron chi connectivity index (χ2n) is 6.73. The fourth-order valence-corrected chi connectivity index (χ4v) is 3.44. The van der Waals surface area contributed by atoms with Gasteiger partial charge in [-0.05, 0) is 49.7 Å². The molecule has 0 spiro atoms. The summed E-state index contributed by atoms with van der Waals surface area (Å²) in [6.45, 7) is 5.64. The zero-order chi connectivity index (χ0) is 18.3. The minimum atomic E-state index is -0.254. The van der Waals surface area contributed by atoms with Crippen LogP contribution in [-0.2, 0) is 4.74 Å². The van der Waals surface area contributed by atoms with Gasteiger partial charge in [0.15, 0.2) is 0 Å². The predicted octanol–water partition coefficient (Wildman–Crippen LogP) is 2.98. The molecule has 1 aliphatic rings. The summed E-state index contributed by atoms with van der Waals surface area (Å²) in [5.74, 6) is 0.473. The number of carbonyl (C=O) groups is 1. The van der Waals surface area contributed by atoms with Crippen molar-refractivity contribution >= 4 is 22.6 Å². The fourth-order valence-electron chi connectivity index (χ4n) is 3.44. The first-order valence-corrected chi connectivity index (χ1v) is 8.75. The van der Waals surface area contributed by atoms with Crippen LogP contribution in [-0.4, -0.2) is 40.5 Å². The Hall–Kier alpha value is -2.86. The van der Waals surface area contributed by atoms with Gasteiger partial charge in [0.05, 0.1) is 18.8 Å². The number of rotatable bonds is 2. The Balaban J connectivity index is 1.58. The molecule has 6 nitrogen and oxygen atoms in total. The van der Waals surface area contributed by atoms with Crippen LogP contribution in [0.5, 0.6) is 0 Å². The third-order valence-electron chi connectivity index (χ3n) is 5.03. The van der Waals surface area contributed by atoms with Crippen LogP contribution < -0.4 is 5.73 Å². The Labute approximate surface area is 152 Å². The van der Waals surface area contributed by atoms with Gasteiger partial charge in [0.2, 0.25) is 0 Å². The first-order valence-electron chi connectivity index (χ1n) is 8.75. The van der Waals surface area contributed by atoms with Crippen molar-refractivity contribution in [2.45, 2.75) is 20.0 Å². The lowest BCUT2D eigenvalue weighted by molar-refractivity contribution is -0.0246. The maximum absolute atomic E-state index is 13.0. The highest BCUT2D eigenvalue weighted by Gasteiger charge is 2.27. The molecule has 1 unspecified atom stereocenters. The van der Waals surface area contributed by atoms with Gasteiger partial charge in [-0.25, -0.2) is 4.98 Å². The molecule has 1 fully saturated rings. The number of anilines is 1. The Morgan fingerprint density at radius 3 is 2.96 bits per heavy atom. The number of nitrogens with zero attached hydrogens (tertiary/aromatic N) is 2. The van der Waals surface area contributed by atoms with Gasteiger partial charge >= 0.3 is 0 Å². The minimum Gasteiger partial charge on any atom is -0.384 e. The van der Waals surface area contributed by atoms with Crippen LogP contribution in [0.25, 0.3) is 10.9 Å². The molecule has 0 radical (unpaired) electrons. The number of nitrogens with two attached hydrogens (primary N) is 1. The molecule has 6 heteroatoms. The van der Waals surface area contributed by atoms with Gasteiger partial charge in [0.25, 0.3) is 5.91 Å². The Morgan fingerprint density at radius 1 is 1.31 bits per heavy atom. The van der Waals surface area contributed by atoms with Gasteiger partial charge in [0.1, 0.15) is 11.9 Å². The van der Waals surface area contributed by atoms with Crippen LogP contribution >= 0.6 is 0 Å². The zero-order valence-corrected chi connectivity index (χ0v) is 15.0. The molecule has 0 bridgehead atoms. The van der Waals surface area contributed by atoms with Crippen LogP contribution in [0.4, 0.5) is 5.82 Å². The molecule has 0 aliphatic carbocycles. The molecular weight excluding hydrogens is 328 g/mol. The number of nitrogens with one attached hydrogen (secondary N) is 1. The van der Waals surface area contributed by atoms with E-state index in [1.807, 2.05) is 42.2 Å². The van der Waals surface area contributed by atoms with Crippen molar-refractivity contribution in [1.82, 2.24) is 14.9 Å². The Bertz CT molecular complexity index is 979. The normalized spacial score (nSPS) is 17.6. The van der Waals surface area contributed by atoms with Gasteiger partial charge in [-0.2, -0.15) is 0 Å². The molecule has 2 aromatic heterocycles. The lowest BCUT2D eigenvalue weighted by Crippen LogP contribution is -2.42. The van der Waals surface area contributed by atoms with E-state index in [1.165, 1.54) is 5.56 Å². The first-order chi connectivity index (χ1) is 12.5. The molecule has 134 valence electrons. The number of aromatic nitrogens is 2. The summed E-state index contributed by atoms with van der Waals surface area (Å²) < 4.78 is 5.81. The smallest absolute Gasteiger partial charge is 0.254 e. The third kappa shape index (κ3) is 2.93. The summed E-state index contributed by atoms with van der Waals surface area (Å²) in [6.07, 6.45) is -0.254. The highest BCUT2D eigenvalue weighted by molar-refractivity contribution is 5.99. The van der Waals surface area contributed by atoms with E-state index in [0.29, 0.717) is 31.1 Å². The zero-order valence-electron chi connectivity index (χ0n) is 15.0. The van der Waals surface area contributed by atoms with Gasteiger partial charge in [-0.15, -0.1) is 0 Å². The summed E-state index contributed by atoms with van der Waals surface area (Å²) >= 11 is 0. The van der Waals surface area contributed by atoms with E-state index >= 15 is 0 Å². The molecule has 3 N–H and O–H groups in total. The van der Waals surface area contributed by atoms with Crippen molar-refractivity contribution in [3.05, 3.63) is 58.9 Å². The molecule has 0 saturated carbocycles. The van der Waals surface area contributed by atoms with Crippen LogP contribution in [0, 0.1) is 13.8 Å². The van der Waals surface area contributed by atoms with Crippen LogP contribution in [0.1, 0.15) is 33.4 Å². The largest absolute Gasteiger partial charge is 0.384 e. The van der Waals surface area contributed by atoms with Crippen molar-refractivity contribution in [2.24, 2.45) is 0 Å². The van der Waals surface area contributed by atoms with E-state index in [0.717, 1.165) is 22.3 Å². The van der Waals surface area contributed by atoms with E-state index < -0.39 is 0 Å². The first kappa shape index (κ1) is 16.6. The summed E-state index contributed by atoms with van der Waals surface area (Å²) in [5.41, 5.74) is 10.6. The summed E-state index contributed by atoms with van der Waals surface area (Å²) in [7, 11) is 0. The highest BCUT2D eigenvalue weighted by atomic mass is 16.5. The number of pyridine rings is 1. The SMILES string of the molecule is Cc1[nH]c2ccc(C(=O)N3CCOC(c4cccc(N)n4)C3)cc2c1C. The number of amides is 1. The maximum atomic E-state index is 13.0. The number of carbonyl (C=O) groups excluding carboxylic acids is 1. The number of aryl methyl sites for hydroxylation is 2. The number of ether oxygens (including phenoxy) is 1. The Morgan fingerprint density at radius 2 is 2.15 bits per heavy atom. The lowest BCUT2D eigenvalue weighted by atomic mass is 10.1. The van der Waals surface area contributed by atoms with Crippen LogP contribution in [0.2, 0.25) is 0 Å². The van der Waals surface area contributed by atoms with Gasteiger partial charge in [0, 0.05) is 28.7 Å². The highest BCUT2D eigenvalue weighted by Crippen LogP contribution is 2.25. The predicted molar refractivity (Wildman–Crippen MR) is 101 cm³/mol. The van der Waals surface area contributed by atoms with E-state index in [2.05, 4.69) is 16.9 Å². The average Bonchev–Trinajstić information content (AvgIpc) is 2.95. The van der Waals surface area contributed by atoms with E-state index in [4.69, 9.17) is 10.5 Å². The maximum Gasteiger partial charge on any atom is 0.254 e. The van der Waals surface area contributed by atoms with Crippen LogP contribution in [0.3, 0.4) is 0 Å². The molecule has 1 amide bonds. The van der Waals surface area contributed by atoms with Crippen molar-refractivity contribution in [1.29, 1.82) is 0 Å². The second-order valence-corrected chi connectivity index (χ2v) is 6.73. The molecule has 4 rings (SSSR count). The fraction of sp³-hybridized carbons (Fsp3) is 0.300.